The molecule has 3 heteroatoms. The van der Waals surface area contributed by atoms with Crippen LogP contribution in [-0.2, 0) is 0 Å². The SMILES string of the molecule is CCC(C)[C@@H](N)c1ccccc1C#N.Cl. The fourth-order valence-electron chi connectivity index (χ4n) is 1.45. The highest BCUT2D eigenvalue weighted by Gasteiger charge is 2.15. The molecule has 0 aliphatic heterocycles. The lowest BCUT2D eigenvalue weighted by molar-refractivity contribution is 0.456. The first-order valence-electron chi connectivity index (χ1n) is 4.95. The van der Waals surface area contributed by atoms with E-state index in [-0.39, 0.29) is 18.4 Å². The molecule has 0 radical (unpaired) electrons. The van der Waals surface area contributed by atoms with Gasteiger partial charge in [0.15, 0.2) is 0 Å². The fraction of sp³-hybridized carbons (Fsp3) is 0.417. The van der Waals surface area contributed by atoms with Crippen molar-refractivity contribution in [2.45, 2.75) is 26.3 Å². The van der Waals surface area contributed by atoms with Crippen molar-refractivity contribution >= 4 is 12.4 Å². The maximum atomic E-state index is 8.92. The lowest BCUT2D eigenvalue weighted by atomic mass is 9.91. The molecule has 0 saturated heterocycles. The quantitative estimate of drug-likeness (QED) is 0.858. The predicted molar refractivity (Wildman–Crippen MR) is 64.8 cm³/mol. The Labute approximate surface area is 97.5 Å². The predicted octanol–water partition coefficient (Wildman–Crippen LogP) is 3.03. The highest BCUT2D eigenvalue weighted by Crippen LogP contribution is 2.24. The molecular formula is C12H17ClN2. The lowest BCUT2D eigenvalue weighted by Crippen LogP contribution is -2.19. The highest BCUT2D eigenvalue weighted by atomic mass is 35.5. The average molecular weight is 225 g/mol. The summed E-state index contributed by atoms with van der Waals surface area (Å²) in [6.07, 6.45) is 1.03. The molecule has 2 atom stereocenters. The monoisotopic (exact) mass is 224 g/mol. The molecule has 0 saturated carbocycles. The second-order valence-electron chi connectivity index (χ2n) is 3.61. The van der Waals surface area contributed by atoms with Crippen molar-refractivity contribution in [1.82, 2.24) is 0 Å². The number of hydrogen-bond acceptors (Lipinski definition) is 2. The fourth-order valence-corrected chi connectivity index (χ4v) is 1.45. The summed E-state index contributed by atoms with van der Waals surface area (Å²) in [7, 11) is 0. The van der Waals surface area contributed by atoms with E-state index >= 15 is 0 Å². The minimum atomic E-state index is -0.0316. The molecule has 2 N–H and O–H groups in total. The van der Waals surface area contributed by atoms with Gasteiger partial charge in [-0.15, -0.1) is 12.4 Å². The Morgan fingerprint density at radius 2 is 2.00 bits per heavy atom. The topological polar surface area (TPSA) is 49.8 Å². The summed E-state index contributed by atoms with van der Waals surface area (Å²) in [5.41, 5.74) is 7.73. The molecule has 0 spiro atoms. The Balaban J connectivity index is 0.00000196. The van der Waals surface area contributed by atoms with E-state index in [1.807, 2.05) is 24.3 Å². The van der Waals surface area contributed by atoms with Crippen LogP contribution in [0.4, 0.5) is 0 Å². The number of hydrogen-bond donors (Lipinski definition) is 1. The Morgan fingerprint density at radius 1 is 1.40 bits per heavy atom. The van der Waals surface area contributed by atoms with E-state index in [4.69, 9.17) is 11.0 Å². The molecule has 0 aliphatic rings. The maximum Gasteiger partial charge on any atom is 0.0995 e. The van der Waals surface area contributed by atoms with Crippen LogP contribution in [0.5, 0.6) is 0 Å². The Morgan fingerprint density at radius 3 is 2.53 bits per heavy atom. The zero-order chi connectivity index (χ0) is 10.6. The maximum absolute atomic E-state index is 8.92. The number of nitriles is 1. The molecule has 82 valence electrons. The van der Waals surface area contributed by atoms with Crippen LogP contribution in [0.25, 0.3) is 0 Å². The lowest BCUT2D eigenvalue weighted by Gasteiger charge is -2.19. The van der Waals surface area contributed by atoms with E-state index in [1.54, 1.807) is 0 Å². The molecule has 0 aromatic heterocycles. The van der Waals surface area contributed by atoms with E-state index in [0.29, 0.717) is 11.5 Å². The van der Waals surface area contributed by atoms with Crippen molar-refractivity contribution in [2.24, 2.45) is 11.7 Å². The minimum absolute atomic E-state index is 0. The molecule has 1 aromatic carbocycles. The van der Waals surface area contributed by atoms with Gasteiger partial charge in [-0.2, -0.15) is 5.26 Å². The van der Waals surface area contributed by atoms with Gasteiger partial charge in [0.2, 0.25) is 0 Å². The summed E-state index contributed by atoms with van der Waals surface area (Å²) in [6, 6.07) is 9.70. The van der Waals surface area contributed by atoms with Crippen molar-refractivity contribution in [2.75, 3.05) is 0 Å². The normalized spacial score (nSPS) is 13.5. The zero-order valence-corrected chi connectivity index (χ0v) is 9.92. The van der Waals surface area contributed by atoms with Gasteiger partial charge in [0.1, 0.15) is 0 Å². The van der Waals surface area contributed by atoms with Gasteiger partial charge in [0.05, 0.1) is 11.6 Å². The first-order chi connectivity index (χ1) is 6.70. The van der Waals surface area contributed by atoms with Gasteiger partial charge in [-0.1, -0.05) is 38.5 Å². The standard InChI is InChI=1S/C12H16N2.ClH/c1-3-9(2)12(14)11-7-5-4-6-10(11)8-13;/h4-7,9,12H,3,14H2,1-2H3;1H/t9?,12-;/m1./s1. The molecule has 0 heterocycles. The third kappa shape index (κ3) is 3.23. The van der Waals surface area contributed by atoms with Gasteiger partial charge < -0.3 is 5.73 Å². The van der Waals surface area contributed by atoms with Crippen molar-refractivity contribution in [3.05, 3.63) is 35.4 Å². The summed E-state index contributed by atoms with van der Waals surface area (Å²) in [4.78, 5) is 0. The summed E-state index contributed by atoms with van der Waals surface area (Å²) >= 11 is 0. The minimum Gasteiger partial charge on any atom is -0.324 e. The van der Waals surface area contributed by atoms with Crippen molar-refractivity contribution in [3.63, 3.8) is 0 Å². The second-order valence-corrected chi connectivity index (χ2v) is 3.61. The van der Waals surface area contributed by atoms with Gasteiger partial charge in [-0.25, -0.2) is 0 Å². The molecular weight excluding hydrogens is 208 g/mol. The third-order valence-electron chi connectivity index (χ3n) is 2.70. The van der Waals surface area contributed by atoms with Crippen LogP contribution in [0.3, 0.4) is 0 Å². The number of halogens is 1. The smallest absolute Gasteiger partial charge is 0.0995 e. The molecule has 1 aromatic rings. The first kappa shape index (κ1) is 14.0. The van der Waals surface area contributed by atoms with Crippen LogP contribution >= 0.6 is 12.4 Å². The van der Waals surface area contributed by atoms with E-state index in [0.717, 1.165) is 12.0 Å². The summed E-state index contributed by atoms with van der Waals surface area (Å²) < 4.78 is 0. The molecule has 2 nitrogen and oxygen atoms in total. The first-order valence-corrected chi connectivity index (χ1v) is 4.95. The van der Waals surface area contributed by atoms with Gasteiger partial charge in [-0.05, 0) is 17.5 Å². The number of benzene rings is 1. The Kier molecular flexibility index (Phi) is 6.00. The van der Waals surface area contributed by atoms with Crippen LogP contribution in [-0.4, -0.2) is 0 Å². The van der Waals surface area contributed by atoms with Crippen LogP contribution in [0.1, 0.15) is 37.4 Å². The third-order valence-corrected chi connectivity index (χ3v) is 2.70. The molecule has 0 amide bonds. The molecule has 1 rings (SSSR count). The number of nitrogens with two attached hydrogens (primary N) is 1. The van der Waals surface area contributed by atoms with E-state index < -0.39 is 0 Å². The molecule has 0 bridgehead atoms. The number of rotatable bonds is 3. The zero-order valence-electron chi connectivity index (χ0n) is 9.10. The van der Waals surface area contributed by atoms with Crippen molar-refractivity contribution < 1.29 is 0 Å². The van der Waals surface area contributed by atoms with Crippen LogP contribution in [0, 0.1) is 17.2 Å². The largest absolute Gasteiger partial charge is 0.324 e. The van der Waals surface area contributed by atoms with Crippen molar-refractivity contribution in [3.8, 4) is 6.07 Å². The van der Waals surface area contributed by atoms with Crippen LogP contribution < -0.4 is 5.73 Å². The Bertz CT molecular complexity index is 344. The summed E-state index contributed by atoms with van der Waals surface area (Å²) in [6.45, 7) is 4.22. The molecule has 1 unspecified atom stereocenters. The average Bonchev–Trinajstić information content (AvgIpc) is 2.26. The van der Waals surface area contributed by atoms with Crippen LogP contribution in [0.2, 0.25) is 0 Å². The molecule has 0 fully saturated rings. The summed E-state index contributed by atoms with van der Waals surface area (Å²) in [5.74, 6) is 0.407. The van der Waals surface area contributed by atoms with E-state index in [9.17, 15) is 0 Å². The number of nitrogens with zero attached hydrogens (tertiary/aromatic N) is 1. The van der Waals surface area contributed by atoms with E-state index in [2.05, 4.69) is 19.9 Å². The highest BCUT2D eigenvalue weighted by molar-refractivity contribution is 5.85. The van der Waals surface area contributed by atoms with Gasteiger partial charge in [-0.3, -0.25) is 0 Å². The van der Waals surface area contributed by atoms with Gasteiger partial charge in [0, 0.05) is 6.04 Å². The Hall–Kier alpha value is -1.04. The van der Waals surface area contributed by atoms with Gasteiger partial charge in [0.25, 0.3) is 0 Å². The summed E-state index contributed by atoms with van der Waals surface area (Å²) in [5, 5.41) is 8.92. The second kappa shape index (κ2) is 6.44. The van der Waals surface area contributed by atoms with Crippen LogP contribution in [0.15, 0.2) is 24.3 Å². The molecule has 0 aliphatic carbocycles. The van der Waals surface area contributed by atoms with Crippen molar-refractivity contribution in [1.29, 1.82) is 5.26 Å². The molecule has 15 heavy (non-hydrogen) atoms. The van der Waals surface area contributed by atoms with Gasteiger partial charge >= 0.3 is 0 Å². The van der Waals surface area contributed by atoms with E-state index in [1.165, 1.54) is 0 Å².